The van der Waals surface area contributed by atoms with Crippen molar-refractivity contribution in [3.05, 3.63) is 0 Å². The first kappa shape index (κ1) is 8.90. The van der Waals surface area contributed by atoms with Crippen LogP contribution in [0.4, 0.5) is 0 Å². The van der Waals surface area contributed by atoms with E-state index in [4.69, 9.17) is 13.3 Å². The summed E-state index contributed by atoms with van der Waals surface area (Å²) in [5.41, 5.74) is 0. The average Bonchev–Trinajstić information content (AvgIpc) is 1.87. The summed E-state index contributed by atoms with van der Waals surface area (Å²) < 4.78 is 15.1. The molecule has 0 aliphatic carbocycles. The molecule has 0 unspecified atom stereocenters. The van der Waals surface area contributed by atoms with Gasteiger partial charge in [-0.3, -0.25) is 0 Å². The van der Waals surface area contributed by atoms with E-state index in [-0.39, 0.29) is 0 Å². The number of hydrogen-bond donors (Lipinski definition) is 0. The zero-order chi connectivity index (χ0) is 6.62. The van der Waals surface area contributed by atoms with Crippen LogP contribution in [0.5, 0.6) is 0 Å². The molecule has 0 radical (unpaired) electrons. The molecule has 0 fully saturated rings. The van der Waals surface area contributed by atoms with Crippen LogP contribution in [-0.4, -0.2) is 49.4 Å². The molecule has 0 saturated heterocycles. The Hall–Kier alpha value is 0.896. The summed E-state index contributed by atoms with van der Waals surface area (Å²) in [6, 6.07) is 0. The van der Waals surface area contributed by atoms with Crippen LogP contribution in [0.3, 0.4) is 0 Å². The second-order valence-electron chi connectivity index (χ2n) is 1.47. The van der Waals surface area contributed by atoms with Crippen molar-refractivity contribution in [1.29, 1.82) is 0 Å². The van der Waals surface area contributed by atoms with Gasteiger partial charge < -0.3 is 0 Å². The van der Waals surface area contributed by atoms with E-state index in [0.717, 1.165) is 0 Å². The average molecular weight is 243 g/mol. The third-order valence-electron chi connectivity index (χ3n) is 1.11. The topological polar surface area (TPSA) is 27.7 Å². The van der Waals surface area contributed by atoms with E-state index in [1.54, 1.807) is 21.3 Å². The summed E-state index contributed by atoms with van der Waals surface area (Å²) >= 11 is 0.339. The first-order chi connectivity index (χ1) is 3.68. The van der Waals surface area contributed by atoms with Crippen molar-refractivity contribution in [2.75, 3.05) is 21.3 Å². The monoisotopic (exact) mass is 244 g/mol. The van der Waals surface area contributed by atoms with E-state index in [2.05, 4.69) is 0 Å². The van der Waals surface area contributed by atoms with Gasteiger partial charge in [-0.25, -0.2) is 0 Å². The first-order valence-electron chi connectivity index (χ1n) is 2.34. The molecule has 0 bridgehead atoms. The van der Waals surface area contributed by atoms with E-state index in [1.807, 2.05) is 0 Å². The van der Waals surface area contributed by atoms with Crippen molar-refractivity contribution in [2.24, 2.45) is 0 Å². The Morgan fingerprint density at radius 3 is 1.25 bits per heavy atom. The summed E-state index contributed by atoms with van der Waals surface area (Å²) in [5, 5.41) is 0. The Balaban J connectivity index is 3.58. The molecule has 0 rings (SSSR count). The van der Waals surface area contributed by atoms with E-state index in [1.165, 1.54) is 0 Å². The van der Waals surface area contributed by atoms with Crippen molar-refractivity contribution in [1.82, 2.24) is 0 Å². The van der Waals surface area contributed by atoms with Crippen molar-refractivity contribution >= 4 is 28.0 Å². The molecular weight excluding hydrogens is 231 g/mol. The van der Waals surface area contributed by atoms with Gasteiger partial charge in [-0.1, -0.05) is 0 Å². The summed E-state index contributed by atoms with van der Waals surface area (Å²) in [6.07, 6.45) is -1.96. The van der Waals surface area contributed by atoms with Crippen LogP contribution in [0.1, 0.15) is 0 Å². The van der Waals surface area contributed by atoms with Gasteiger partial charge in [-0.05, 0) is 0 Å². The summed E-state index contributed by atoms with van der Waals surface area (Å²) in [7, 11) is 4.91. The third-order valence-corrected chi connectivity index (χ3v) is 13.8. The number of rotatable bonds is 3. The third kappa shape index (κ3) is 2.45. The molecule has 0 amide bonds. The van der Waals surface area contributed by atoms with Crippen LogP contribution in [0, 0.1) is 0 Å². The summed E-state index contributed by atoms with van der Waals surface area (Å²) in [5.74, 6) is 0. The predicted molar refractivity (Wildman–Crippen MR) is 36.7 cm³/mol. The van der Waals surface area contributed by atoms with E-state index < -0.39 is 6.31 Å². The van der Waals surface area contributed by atoms with Gasteiger partial charge in [0.15, 0.2) is 0 Å². The Kier molecular flexibility index (Phi) is 4.26. The first-order valence-corrected chi connectivity index (χ1v) is 13.1. The molecule has 0 aromatic carbocycles. The van der Waals surface area contributed by atoms with Crippen LogP contribution in [0.15, 0.2) is 0 Å². The Labute approximate surface area is 62.8 Å². The van der Waals surface area contributed by atoms with E-state index in [0.29, 0.717) is 21.7 Å². The zero-order valence-corrected chi connectivity index (χ0v) is 12.4. The second kappa shape index (κ2) is 3.83. The molecule has 0 aliphatic rings. The van der Waals surface area contributed by atoms with Gasteiger partial charge in [0.1, 0.15) is 0 Å². The minimum atomic E-state index is -1.96. The maximum absolute atomic E-state index is 5.02. The SMILES string of the molecule is CO[Si]([SnH3])(OC)OC. The molecule has 50 valence electrons. The second-order valence-corrected chi connectivity index (χ2v) is 14.9. The molecule has 8 heavy (non-hydrogen) atoms. The van der Waals surface area contributed by atoms with Crippen molar-refractivity contribution < 1.29 is 13.3 Å². The van der Waals surface area contributed by atoms with Gasteiger partial charge in [0.2, 0.25) is 0 Å². The van der Waals surface area contributed by atoms with Crippen LogP contribution in [0.2, 0.25) is 0 Å². The Morgan fingerprint density at radius 2 is 1.25 bits per heavy atom. The fourth-order valence-electron chi connectivity index (χ4n) is 0.250. The van der Waals surface area contributed by atoms with Crippen molar-refractivity contribution in [3.8, 4) is 0 Å². The molecule has 5 heteroatoms. The Bertz CT molecular complexity index is 57.3. The fourth-order valence-corrected chi connectivity index (χ4v) is 0.750. The van der Waals surface area contributed by atoms with Crippen molar-refractivity contribution in [3.63, 3.8) is 0 Å². The normalized spacial score (nSPS) is 12.4. The van der Waals surface area contributed by atoms with Crippen LogP contribution < -0.4 is 0 Å². The molecule has 0 atom stereocenters. The van der Waals surface area contributed by atoms with Gasteiger partial charge in [-0.15, -0.1) is 0 Å². The van der Waals surface area contributed by atoms with Gasteiger partial charge >= 0.3 is 62.7 Å². The molecule has 0 N–H and O–H groups in total. The molecule has 0 heterocycles. The fraction of sp³-hybridized carbons (Fsp3) is 1.00. The van der Waals surface area contributed by atoms with E-state index in [9.17, 15) is 0 Å². The standard InChI is InChI=1S/C3H9O3Si.Sn.3H/c1-4-7(5-2)6-3;;;;/h1-3H3;;;;. The zero-order valence-electron chi connectivity index (χ0n) is 5.72. The predicted octanol–water partition coefficient (Wildman–Crippen LogP) is -1.27. The van der Waals surface area contributed by atoms with Crippen LogP contribution in [-0.2, 0) is 13.3 Å². The minimum absolute atomic E-state index is 0.339. The molecular formula is C3H12O3SiSn. The summed E-state index contributed by atoms with van der Waals surface area (Å²) in [6.45, 7) is 0. The molecule has 0 aromatic rings. The molecule has 0 aliphatic heterocycles. The molecule has 0 saturated carbocycles. The Morgan fingerprint density at radius 1 is 1.00 bits per heavy atom. The number of hydrogen-bond acceptors (Lipinski definition) is 3. The molecule has 3 nitrogen and oxygen atoms in total. The summed E-state index contributed by atoms with van der Waals surface area (Å²) in [4.78, 5) is 0. The van der Waals surface area contributed by atoms with Gasteiger partial charge in [-0.2, -0.15) is 0 Å². The van der Waals surface area contributed by atoms with E-state index >= 15 is 0 Å². The quantitative estimate of drug-likeness (QED) is 0.578. The van der Waals surface area contributed by atoms with Crippen LogP contribution in [0.25, 0.3) is 0 Å². The van der Waals surface area contributed by atoms with Gasteiger partial charge in [0.05, 0.1) is 0 Å². The van der Waals surface area contributed by atoms with Gasteiger partial charge in [0.25, 0.3) is 0 Å². The molecule has 0 aromatic heterocycles. The van der Waals surface area contributed by atoms with Crippen molar-refractivity contribution in [2.45, 2.75) is 0 Å². The maximum atomic E-state index is 5.02. The van der Waals surface area contributed by atoms with Gasteiger partial charge in [0, 0.05) is 0 Å². The van der Waals surface area contributed by atoms with Crippen LogP contribution >= 0.6 is 0 Å². The molecule has 0 spiro atoms.